The van der Waals surface area contributed by atoms with Crippen LogP contribution >= 0.6 is 11.3 Å². The highest BCUT2D eigenvalue weighted by molar-refractivity contribution is 7.91. The van der Waals surface area contributed by atoms with Crippen molar-refractivity contribution >= 4 is 38.9 Å². The molecule has 1 fully saturated rings. The fraction of sp³-hybridized carbons (Fsp3) is 0.400. The number of carbonyl (C=O) groups excluding carboxylic acids is 2. The van der Waals surface area contributed by atoms with E-state index in [0.717, 1.165) is 4.88 Å². The third-order valence-electron chi connectivity index (χ3n) is 4.87. The van der Waals surface area contributed by atoms with Gasteiger partial charge in [0.15, 0.2) is 0 Å². The molecule has 0 saturated carbocycles. The van der Waals surface area contributed by atoms with Crippen LogP contribution in [-0.4, -0.2) is 56.6 Å². The molecule has 2 heterocycles. The van der Waals surface area contributed by atoms with Gasteiger partial charge in [-0.25, -0.2) is 8.42 Å². The molecule has 1 aliphatic rings. The average molecular weight is 436 g/mol. The number of nitrogens with zero attached hydrogens (tertiary/aromatic N) is 2. The van der Waals surface area contributed by atoms with Gasteiger partial charge < -0.3 is 10.2 Å². The van der Waals surface area contributed by atoms with E-state index in [4.69, 9.17) is 0 Å². The van der Waals surface area contributed by atoms with Crippen molar-refractivity contribution in [2.24, 2.45) is 5.92 Å². The molecule has 7 nitrogen and oxygen atoms in total. The van der Waals surface area contributed by atoms with Crippen molar-refractivity contribution in [3.63, 3.8) is 0 Å². The highest BCUT2D eigenvalue weighted by atomic mass is 32.2. The molecule has 1 unspecified atom stereocenters. The number of benzene rings is 1. The normalized spacial score (nSPS) is 17.7. The zero-order chi connectivity index (χ0) is 21.2. The van der Waals surface area contributed by atoms with Crippen LogP contribution in [-0.2, 0) is 14.8 Å². The molecule has 29 heavy (non-hydrogen) atoms. The molecule has 1 aromatic carbocycles. The molecule has 3 rings (SSSR count). The molecule has 9 heteroatoms. The summed E-state index contributed by atoms with van der Waals surface area (Å²) >= 11 is 1.25. The van der Waals surface area contributed by atoms with Crippen LogP contribution in [0.1, 0.15) is 28.1 Å². The highest BCUT2D eigenvalue weighted by Crippen LogP contribution is 2.28. The number of hydrogen-bond donors (Lipinski definition) is 1. The van der Waals surface area contributed by atoms with E-state index in [1.54, 1.807) is 50.5 Å². The van der Waals surface area contributed by atoms with Crippen LogP contribution in [0, 0.1) is 12.8 Å². The monoisotopic (exact) mass is 435 g/mol. The second-order valence-corrected chi connectivity index (χ2v) is 10.8. The van der Waals surface area contributed by atoms with E-state index in [9.17, 15) is 18.0 Å². The Bertz CT molecular complexity index is 997. The van der Waals surface area contributed by atoms with Crippen LogP contribution in [0.15, 0.2) is 40.6 Å². The van der Waals surface area contributed by atoms with Crippen LogP contribution < -0.4 is 5.32 Å². The molecule has 1 atom stereocenters. The topological polar surface area (TPSA) is 86.8 Å². The fourth-order valence-electron chi connectivity index (χ4n) is 3.25. The van der Waals surface area contributed by atoms with Gasteiger partial charge in [-0.2, -0.15) is 4.31 Å². The summed E-state index contributed by atoms with van der Waals surface area (Å²) in [6.07, 6.45) is 1.27. The number of thiophene rings is 1. The summed E-state index contributed by atoms with van der Waals surface area (Å²) < 4.78 is 27.4. The number of nitrogens with one attached hydrogen (secondary N) is 1. The Morgan fingerprint density at radius 3 is 2.41 bits per heavy atom. The molecule has 2 amide bonds. The molecule has 1 N–H and O–H groups in total. The van der Waals surface area contributed by atoms with E-state index in [0.29, 0.717) is 34.8 Å². The predicted molar refractivity (Wildman–Crippen MR) is 114 cm³/mol. The number of sulfonamides is 1. The van der Waals surface area contributed by atoms with Crippen LogP contribution in [0.3, 0.4) is 0 Å². The number of piperidine rings is 1. The minimum Gasteiger partial charge on any atom is -0.345 e. The van der Waals surface area contributed by atoms with Crippen molar-refractivity contribution in [2.45, 2.75) is 24.0 Å². The van der Waals surface area contributed by atoms with Gasteiger partial charge in [-0.05, 0) is 56.2 Å². The van der Waals surface area contributed by atoms with Gasteiger partial charge in [0.2, 0.25) is 5.91 Å². The lowest BCUT2D eigenvalue weighted by molar-refractivity contribution is -0.120. The molecule has 0 radical (unpaired) electrons. The quantitative estimate of drug-likeness (QED) is 0.782. The summed E-state index contributed by atoms with van der Waals surface area (Å²) in [4.78, 5) is 27.1. The van der Waals surface area contributed by atoms with Crippen molar-refractivity contribution in [1.29, 1.82) is 0 Å². The second kappa shape index (κ2) is 8.64. The first-order valence-electron chi connectivity index (χ1n) is 9.37. The van der Waals surface area contributed by atoms with Crippen LogP contribution in [0.2, 0.25) is 0 Å². The first-order valence-corrected chi connectivity index (χ1v) is 11.6. The van der Waals surface area contributed by atoms with Crippen molar-refractivity contribution in [3.05, 3.63) is 46.8 Å². The summed E-state index contributed by atoms with van der Waals surface area (Å²) in [6, 6.07) is 10.1. The van der Waals surface area contributed by atoms with Crippen molar-refractivity contribution in [1.82, 2.24) is 9.21 Å². The van der Waals surface area contributed by atoms with Gasteiger partial charge in [-0.3, -0.25) is 9.59 Å². The number of aryl methyl sites for hydroxylation is 1. The second-order valence-electron chi connectivity index (χ2n) is 7.33. The largest absolute Gasteiger partial charge is 0.345 e. The van der Waals surface area contributed by atoms with E-state index < -0.39 is 15.9 Å². The number of anilines is 1. The summed E-state index contributed by atoms with van der Waals surface area (Å²) in [5.41, 5.74) is 1.12. The SMILES string of the molecule is Cc1ccc(S(=O)(=O)N2CCCC(C(=O)Nc3ccc(C(=O)N(C)C)cc3)C2)s1. The van der Waals surface area contributed by atoms with E-state index >= 15 is 0 Å². The standard InChI is InChI=1S/C20H25N3O4S2/c1-14-6-11-18(28-14)29(26,27)23-12-4-5-16(13-23)19(24)21-17-9-7-15(8-10-17)20(25)22(2)3/h6-11,16H,4-5,12-13H2,1-3H3,(H,21,24). The first-order chi connectivity index (χ1) is 13.7. The number of hydrogen-bond acceptors (Lipinski definition) is 5. The minimum absolute atomic E-state index is 0.111. The van der Waals surface area contributed by atoms with Crippen molar-refractivity contribution in [3.8, 4) is 0 Å². The number of rotatable bonds is 5. The van der Waals surface area contributed by atoms with Gasteiger partial charge in [0.25, 0.3) is 15.9 Å². The van der Waals surface area contributed by atoms with Crippen molar-refractivity contribution in [2.75, 3.05) is 32.5 Å². The number of carbonyl (C=O) groups is 2. The van der Waals surface area contributed by atoms with Crippen LogP contribution in [0.4, 0.5) is 5.69 Å². The third-order valence-corrected chi connectivity index (χ3v) is 8.20. The Balaban J connectivity index is 1.66. The first kappa shape index (κ1) is 21.5. The average Bonchev–Trinajstić information content (AvgIpc) is 3.15. The summed E-state index contributed by atoms with van der Waals surface area (Å²) in [6.45, 7) is 2.46. The van der Waals surface area contributed by atoms with Gasteiger partial charge in [0, 0.05) is 43.3 Å². The van der Waals surface area contributed by atoms with Crippen LogP contribution in [0.25, 0.3) is 0 Å². The summed E-state index contributed by atoms with van der Waals surface area (Å²) in [5, 5.41) is 2.84. The van der Waals surface area contributed by atoms with E-state index in [2.05, 4.69) is 5.32 Å². The summed E-state index contributed by atoms with van der Waals surface area (Å²) in [5.74, 6) is -0.735. The maximum atomic E-state index is 12.9. The lowest BCUT2D eigenvalue weighted by atomic mass is 9.98. The Morgan fingerprint density at radius 1 is 1.14 bits per heavy atom. The van der Waals surface area contributed by atoms with E-state index in [1.807, 2.05) is 6.92 Å². The lowest BCUT2D eigenvalue weighted by Gasteiger charge is -2.30. The molecular formula is C20H25N3O4S2. The maximum absolute atomic E-state index is 12.9. The van der Waals surface area contributed by atoms with Gasteiger partial charge in [-0.1, -0.05) is 0 Å². The molecule has 1 aliphatic heterocycles. The molecule has 0 aliphatic carbocycles. The molecule has 2 aromatic rings. The van der Waals surface area contributed by atoms with E-state index in [1.165, 1.54) is 20.5 Å². The Kier molecular flexibility index (Phi) is 6.40. The molecule has 156 valence electrons. The van der Waals surface area contributed by atoms with Crippen LogP contribution in [0.5, 0.6) is 0 Å². The van der Waals surface area contributed by atoms with E-state index in [-0.39, 0.29) is 18.4 Å². The minimum atomic E-state index is -3.57. The molecule has 0 spiro atoms. The van der Waals surface area contributed by atoms with Gasteiger partial charge in [0.05, 0.1) is 5.92 Å². The third kappa shape index (κ3) is 4.85. The fourth-order valence-corrected chi connectivity index (χ4v) is 6.21. The molecule has 1 aromatic heterocycles. The zero-order valence-corrected chi connectivity index (χ0v) is 18.3. The zero-order valence-electron chi connectivity index (χ0n) is 16.7. The smallest absolute Gasteiger partial charge is 0.253 e. The maximum Gasteiger partial charge on any atom is 0.253 e. The molecule has 1 saturated heterocycles. The molecular weight excluding hydrogens is 410 g/mol. The van der Waals surface area contributed by atoms with Crippen molar-refractivity contribution < 1.29 is 18.0 Å². The Morgan fingerprint density at radius 2 is 1.83 bits per heavy atom. The summed E-state index contributed by atoms with van der Waals surface area (Å²) in [7, 11) is -0.216. The predicted octanol–water partition coefficient (Wildman–Crippen LogP) is 2.80. The lowest BCUT2D eigenvalue weighted by Crippen LogP contribution is -2.43. The van der Waals surface area contributed by atoms with Gasteiger partial charge >= 0.3 is 0 Å². The molecule has 0 bridgehead atoms. The van der Waals surface area contributed by atoms with Gasteiger partial charge in [-0.15, -0.1) is 11.3 Å². The number of amides is 2. The Labute approximate surface area is 175 Å². The van der Waals surface area contributed by atoms with Gasteiger partial charge in [0.1, 0.15) is 4.21 Å². The highest BCUT2D eigenvalue weighted by Gasteiger charge is 2.34. The Hall–Kier alpha value is -2.23.